The average molecular weight is 140 g/mol. The van der Waals surface area contributed by atoms with Crippen LogP contribution in [0, 0.1) is 5.92 Å². The first kappa shape index (κ1) is 6.16. The van der Waals surface area contributed by atoms with Crippen LogP contribution < -0.4 is 5.43 Å². The second-order valence-electron chi connectivity index (χ2n) is 3.02. The molecular formula is C7H12N2O. The Bertz CT molecular complexity index is 167. The number of hydrazone groups is 1. The minimum absolute atomic E-state index is 0.212. The minimum atomic E-state index is 0.212. The molecule has 1 N–H and O–H groups in total. The van der Waals surface area contributed by atoms with Gasteiger partial charge in [0.25, 0.3) is 0 Å². The van der Waals surface area contributed by atoms with E-state index in [-0.39, 0.29) is 6.23 Å². The highest BCUT2D eigenvalue weighted by Crippen LogP contribution is 2.25. The first-order valence-corrected chi connectivity index (χ1v) is 3.76. The molecule has 0 bridgehead atoms. The van der Waals surface area contributed by atoms with Crippen LogP contribution in [0.3, 0.4) is 0 Å². The Labute approximate surface area is 60.4 Å². The quantitative estimate of drug-likeness (QED) is 0.538. The number of ether oxygens (including phenoxy) is 1. The number of nitrogens with one attached hydrogen (secondary N) is 1. The Hall–Kier alpha value is -0.570. The molecule has 0 aromatic rings. The van der Waals surface area contributed by atoms with Gasteiger partial charge in [-0.3, -0.25) is 5.43 Å². The van der Waals surface area contributed by atoms with Crippen molar-refractivity contribution in [1.29, 1.82) is 0 Å². The highest BCUT2D eigenvalue weighted by atomic mass is 16.5. The Morgan fingerprint density at radius 3 is 3.50 bits per heavy atom. The molecule has 2 rings (SSSR count). The highest BCUT2D eigenvalue weighted by Gasteiger charge is 2.30. The van der Waals surface area contributed by atoms with Crippen molar-refractivity contribution in [1.82, 2.24) is 5.43 Å². The lowest BCUT2D eigenvalue weighted by atomic mass is 9.99. The smallest absolute Gasteiger partial charge is 0.146 e. The van der Waals surface area contributed by atoms with Crippen LogP contribution in [-0.2, 0) is 4.74 Å². The number of hydrogen-bond acceptors (Lipinski definition) is 3. The van der Waals surface area contributed by atoms with Crippen LogP contribution in [0.15, 0.2) is 5.10 Å². The molecule has 0 spiro atoms. The molecule has 0 aromatic heterocycles. The van der Waals surface area contributed by atoms with Crippen LogP contribution in [0.1, 0.15) is 19.8 Å². The summed E-state index contributed by atoms with van der Waals surface area (Å²) >= 11 is 0. The highest BCUT2D eigenvalue weighted by molar-refractivity contribution is 5.82. The summed E-state index contributed by atoms with van der Waals surface area (Å²) in [5.41, 5.74) is 4.20. The molecule has 2 atom stereocenters. The van der Waals surface area contributed by atoms with Gasteiger partial charge in [0.05, 0.1) is 0 Å². The minimum Gasteiger partial charge on any atom is -0.357 e. The molecule has 0 aliphatic carbocycles. The number of hydrogen-bond donors (Lipinski definition) is 1. The van der Waals surface area contributed by atoms with E-state index in [0.717, 1.165) is 13.0 Å². The molecule has 0 aromatic carbocycles. The Balaban J connectivity index is 2.08. The van der Waals surface area contributed by atoms with Gasteiger partial charge in [0.2, 0.25) is 0 Å². The van der Waals surface area contributed by atoms with E-state index in [0.29, 0.717) is 5.92 Å². The van der Waals surface area contributed by atoms with Gasteiger partial charge in [-0.2, -0.15) is 5.10 Å². The summed E-state index contributed by atoms with van der Waals surface area (Å²) in [6.07, 6.45) is 2.51. The van der Waals surface area contributed by atoms with Crippen molar-refractivity contribution in [2.75, 3.05) is 6.61 Å². The first-order chi connectivity index (χ1) is 4.86. The average Bonchev–Trinajstić information content (AvgIpc) is 2.33. The molecule has 56 valence electrons. The van der Waals surface area contributed by atoms with Crippen LogP contribution in [-0.4, -0.2) is 18.5 Å². The molecule has 2 aliphatic heterocycles. The van der Waals surface area contributed by atoms with Gasteiger partial charge < -0.3 is 4.74 Å². The third-order valence-electron chi connectivity index (χ3n) is 2.15. The predicted molar refractivity (Wildman–Crippen MR) is 38.7 cm³/mol. The predicted octanol–water partition coefficient (Wildman–Crippen LogP) is 0.718. The maximum Gasteiger partial charge on any atom is 0.146 e. The van der Waals surface area contributed by atoms with E-state index < -0.39 is 0 Å². The van der Waals surface area contributed by atoms with Crippen molar-refractivity contribution in [3.05, 3.63) is 0 Å². The van der Waals surface area contributed by atoms with Crippen LogP contribution in [0.2, 0.25) is 0 Å². The summed E-state index contributed by atoms with van der Waals surface area (Å²) in [4.78, 5) is 0. The molecule has 0 amide bonds. The molecule has 10 heavy (non-hydrogen) atoms. The van der Waals surface area contributed by atoms with Gasteiger partial charge in [-0.05, 0) is 19.8 Å². The first-order valence-electron chi connectivity index (χ1n) is 3.76. The van der Waals surface area contributed by atoms with Gasteiger partial charge in [0.1, 0.15) is 6.23 Å². The summed E-state index contributed by atoms with van der Waals surface area (Å²) in [6.45, 7) is 2.95. The molecule has 1 saturated heterocycles. The van der Waals surface area contributed by atoms with Gasteiger partial charge in [-0.25, -0.2) is 0 Å². The Kier molecular flexibility index (Phi) is 1.38. The number of fused-ring (bicyclic) bond motifs is 1. The van der Waals surface area contributed by atoms with E-state index in [9.17, 15) is 0 Å². The SMILES string of the molecule is CC1=NNC2OCCC2C1. The molecule has 2 unspecified atom stereocenters. The summed E-state index contributed by atoms with van der Waals surface area (Å²) in [5.74, 6) is 0.678. The van der Waals surface area contributed by atoms with Crippen molar-refractivity contribution >= 4 is 5.71 Å². The molecule has 0 saturated carbocycles. The fourth-order valence-corrected chi connectivity index (χ4v) is 1.58. The molecule has 3 nitrogen and oxygen atoms in total. The lowest BCUT2D eigenvalue weighted by Crippen LogP contribution is -2.35. The topological polar surface area (TPSA) is 33.6 Å². The fourth-order valence-electron chi connectivity index (χ4n) is 1.58. The van der Waals surface area contributed by atoms with Crippen LogP contribution >= 0.6 is 0 Å². The largest absolute Gasteiger partial charge is 0.357 e. The van der Waals surface area contributed by atoms with Crippen LogP contribution in [0.4, 0.5) is 0 Å². The second kappa shape index (κ2) is 2.23. The van der Waals surface area contributed by atoms with E-state index in [4.69, 9.17) is 4.74 Å². The van der Waals surface area contributed by atoms with E-state index >= 15 is 0 Å². The molecule has 0 radical (unpaired) electrons. The van der Waals surface area contributed by atoms with Crippen molar-refractivity contribution in [2.24, 2.45) is 11.0 Å². The molecule has 1 fully saturated rings. The van der Waals surface area contributed by atoms with E-state index in [1.807, 2.05) is 0 Å². The summed E-state index contributed by atoms with van der Waals surface area (Å²) in [6, 6.07) is 0. The molecular weight excluding hydrogens is 128 g/mol. The van der Waals surface area contributed by atoms with Crippen molar-refractivity contribution in [3.63, 3.8) is 0 Å². The van der Waals surface area contributed by atoms with Gasteiger partial charge in [-0.15, -0.1) is 0 Å². The lowest BCUT2D eigenvalue weighted by Gasteiger charge is -2.22. The normalized spacial score (nSPS) is 38.3. The van der Waals surface area contributed by atoms with Gasteiger partial charge in [0, 0.05) is 18.2 Å². The molecule has 2 aliphatic rings. The van der Waals surface area contributed by atoms with E-state index in [1.54, 1.807) is 0 Å². The van der Waals surface area contributed by atoms with E-state index in [1.165, 1.54) is 12.1 Å². The summed E-state index contributed by atoms with van der Waals surface area (Å²) in [5, 5.41) is 4.11. The second-order valence-corrected chi connectivity index (χ2v) is 3.02. The van der Waals surface area contributed by atoms with E-state index in [2.05, 4.69) is 17.5 Å². The third kappa shape index (κ3) is 0.904. The monoisotopic (exact) mass is 140 g/mol. The number of rotatable bonds is 0. The maximum atomic E-state index is 5.39. The zero-order valence-corrected chi connectivity index (χ0v) is 6.13. The molecule has 2 heterocycles. The Morgan fingerprint density at radius 1 is 1.70 bits per heavy atom. The van der Waals surface area contributed by atoms with Gasteiger partial charge in [0.15, 0.2) is 0 Å². The van der Waals surface area contributed by atoms with Crippen molar-refractivity contribution in [3.8, 4) is 0 Å². The molecule has 3 heteroatoms. The Morgan fingerprint density at radius 2 is 2.60 bits per heavy atom. The van der Waals surface area contributed by atoms with Crippen LogP contribution in [0.25, 0.3) is 0 Å². The summed E-state index contributed by atoms with van der Waals surface area (Å²) in [7, 11) is 0. The van der Waals surface area contributed by atoms with Crippen LogP contribution in [0.5, 0.6) is 0 Å². The maximum absolute atomic E-state index is 5.39. The zero-order chi connectivity index (χ0) is 6.97. The standard InChI is InChI=1S/C7H12N2O/c1-5-4-6-2-3-10-7(6)9-8-5/h6-7,9H,2-4H2,1H3. The van der Waals surface area contributed by atoms with Crippen molar-refractivity contribution < 1.29 is 4.74 Å². The fraction of sp³-hybridized carbons (Fsp3) is 0.857. The lowest BCUT2D eigenvalue weighted by molar-refractivity contribution is 0.0609. The van der Waals surface area contributed by atoms with Gasteiger partial charge in [-0.1, -0.05) is 0 Å². The third-order valence-corrected chi connectivity index (χ3v) is 2.15. The van der Waals surface area contributed by atoms with Gasteiger partial charge >= 0.3 is 0 Å². The zero-order valence-electron chi connectivity index (χ0n) is 6.13. The summed E-state index contributed by atoms with van der Waals surface area (Å²) < 4.78 is 5.39. The number of nitrogens with zero attached hydrogens (tertiary/aromatic N) is 1. The van der Waals surface area contributed by atoms with Crippen molar-refractivity contribution in [2.45, 2.75) is 26.0 Å².